The zero-order chi connectivity index (χ0) is 31.3. The molecule has 2 saturated heterocycles. The summed E-state index contributed by atoms with van der Waals surface area (Å²) in [7, 11) is 0. The summed E-state index contributed by atoms with van der Waals surface area (Å²) in [6.45, 7) is -0.0237. The molecule has 1 saturated carbocycles. The van der Waals surface area contributed by atoms with Gasteiger partial charge in [-0.2, -0.15) is 0 Å². The van der Waals surface area contributed by atoms with Crippen molar-refractivity contribution in [2.45, 2.75) is 54.3 Å². The van der Waals surface area contributed by atoms with E-state index in [2.05, 4.69) is 20.6 Å². The van der Waals surface area contributed by atoms with E-state index < -0.39 is 47.4 Å². The van der Waals surface area contributed by atoms with Crippen LogP contribution in [0, 0.1) is 0 Å². The van der Waals surface area contributed by atoms with E-state index in [-0.39, 0.29) is 37.0 Å². The highest BCUT2D eigenvalue weighted by Crippen LogP contribution is 2.52. The number of hydrogen-bond donors (Lipinski definition) is 6. The summed E-state index contributed by atoms with van der Waals surface area (Å²) < 4.78 is 6.00. The maximum atomic E-state index is 13.7. The predicted octanol–water partition coefficient (Wildman–Crippen LogP) is -1.26. The highest BCUT2D eigenvalue weighted by atomic mass is 16.5. The molecule has 1 aliphatic carbocycles. The van der Waals surface area contributed by atoms with Crippen LogP contribution in [0.15, 0.2) is 58.5 Å². The number of carbonyl (C=O) groups is 3. The number of fused-ring (bicyclic) bond motifs is 2. The second-order valence-corrected chi connectivity index (χ2v) is 12.6. The molecular formula is C30H33N9O6. The number of para-hydroxylation sites is 2. The number of anilines is 1. The van der Waals surface area contributed by atoms with Crippen molar-refractivity contribution in [3.05, 3.63) is 59.7 Å². The van der Waals surface area contributed by atoms with E-state index in [1.807, 2.05) is 18.2 Å². The largest absolute Gasteiger partial charge is 0.492 e. The van der Waals surface area contributed by atoms with Crippen LogP contribution in [0.2, 0.25) is 0 Å². The maximum Gasteiger partial charge on any atom is 0.331 e. The third kappa shape index (κ3) is 3.67. The molecule has 234 valence electrons. The lowest BCUT2D eigenvalue weighted by Crippen LogP contribution is -2.78. The number of rotatable bonds is 5. The first-order valence-electron chi connectivity index (χ1n) is 15.0. The van der Waals surface area contributed by atoms with E-state index in [1.54, 1.807) is 30.3 Å². The van der Waals surface area contributed by atoms with Crippen LogP contribution < -0.4 is 31.7 Å². The predicted molar refractivity (Wildman–Crippen MR) is 160 cm³/mol. The zero-order valence-electron chi connectivity index (χ0n) is 24.2. The van der Waals surface area contributed by atoms with Crippen molar-refractivity contribution in [1.82, 2.24) is 20.4 Å². The molecule has 15 heteroatoms. The van der Waals surface area contributed by atoms with E-state index in [9.17, 15) is 24.6 Å². The third-order valence-corrected chi connectivity index (χ3v) is 10.2. The number of amides is 4. The molecule has 5 aliphatic heterocycles. The molecule has 2 unspecified atom stereocenters. The van der Waals surface area contributed by atoms with Gasteiger partial charge in [0, 0.05) is 23.2 Å². The van der Waals surface area contributed by atoms with Crippen LogP contribution in [0.3, 0.4) is 0 Å². The quantitative estimate of drug-likeness (QED) is 0.174. The van der Waals surface area contributed by atoms with Crippen molar-refractivity contribution in [3.63, 3.8) is 0 Å². The zero-order valence-corrected chi connectivity index (χ0v) is 24.2. The Labute approximate surface area is 257 Å². The Balaban J connectivity index is 1.07. The van der Waals surface area contributed by atoms with E-state index >= 15 is 0 Å². The number of aliphatic hydroxyl groups is 2. The fourth-order valence-electron chi connectivity index (χ4n) is 7.78. The first-order chi connectivity index (χ1) is 21.6. The van der Waals surface area contributed by atoms with Crippen LogP contribution >= 0.6 is 0 Å². The van der Waals surface area contributed by atoms with E-state index in [0.29, 0.717) is 23.6 Å². The molecule has 0 aromatic heterocycles. The molecule has 4 atom stereocenters. The van der Waals surface area contributed by atoms with Gasteiger partial charge in [0.05, 0.1) is 24.8 Å². The lowest BCUT2D eigenvalue weighted by molar-refractivity contribution is -0.230. The van der Waals surface area contributed by atoms with E-state index in [4.69, 9.17) is 16.2 Å². The summed E-state index contributed by atoms with van der Waals surface area (Å²) in [6, 6.07) is 10.4. The Morgan fingerprint density at radius 2 is 1.87 bits per heavy atom. The van der Waals surface area contributed by atoms with Crippen molar-refractivity contribution >= 4 is 35.5 Å². The number of hydrogen-bond acceptors (Lipinski definition) is 12. The van der Waals surface area contributed by atoms with Crippen LogP contribution in [0.4, 0.5) is 10.5 Å². The topological polar surface area (TPSA) is 211 Å². The first kappa shape index (κ1) is 27.6. The van der Waals surface area contributed by atoms with E-state index in [1.165, 1.54) is 9.80 Å². The molecule has 15 nitrogen and oxygen atoms in total. The average molecular weight is 616 g/mol. The van der Waals surface area contributed by atoms with Crippen molar-refractivity contribution in [1.29, 1.82) is 0 Å². The molecule has 0 radical (unpaired) electrons. The molecule has 2 aromatic carbocycles. The SMILES string of the molecule is NC1=N[C@H]2[C@H](CN3C(=O)CN(c4ccccc4)C3=O)N=C(N)N3CC(NC(=O)c4cccc5c4OCC54CCC4)C(O)(O)C23N1. The minimum atomic E-state index is -2.68. The van der Waals surface area contributed by atoms with Gasteiger partial charge in [0.2, 0.25) is 5.79 Å². The lowest BCUT2D eigenvalue weighted by Gasteiger charge is -2.49. The molecule has 3 fully saturated rings. The Kier molecular flexibility index (Phi) is 5.72. The molecule has 8 N–H and O–H groups in total. The molecule has 2 spiro atoms. The number of carbonyl (C=O) groups excluding carboxylic acids is 3. The Morgan fingerprint density at radius 1 is 1.09 bits per heavy atom. The summed E-state index contributed by atoms with van der Waals surface area (Å²) in [5, 5.41) is 29.4. The van der Waals surface area contributed by atoms with Crippen LogP contribution in [0.25, 0.3) is 0 Å². The summed E-state index contributed by atoms with van der Waals surface area (Å²) >= 11 is 0. The molecule has 0 bridgehead atoms. The van der Waals surface area contributed by atoms with Crippen LogP contribution in [0.1, 0.15) is 35.2 Å². The van der Waals surface area contributed by atoms with Gasteiger partial charge in [-0.15, -0.1) is 0 Å². The second-order valence-electron chi connectivity index (χ2n) is 12.6. The van der Waals surface area contributed by atoms with Crippen molar-refractivity contribution < 1.29 is 29.3 Å². The first-order valence-corrected chi connectivity index (χ1v) is 15.0. The third-order valence-electron chi connectivity index (χ3n) is 10.2. The summed E-state index contributed by atoms with van der Waals surface area (Å²) in [5.74, 6) is -3.35. The minimum Gasteiger partial charge on any atom is -0.492 e. The number of benzene rings is 2. The van der Waals surface area contributed by atoms with Gasteiger partial charge >= 0.3 is 6.03 Å². The molecule has 45 heavy (non-hydrogen) atoms. The van der Waals surface area contributed by atoms with Gasteiger partial charge in [-0.1, -0.05) is 36.8 Å². The van der Waals surface area contributed by atoms with Crippen LogP contribution in [0.5, 0.6) is 5.75 Å². The van der Waals surface area contributed by atoms with E-state index in [0.717, 1.165) is 29.7 Å². The lowest BCUT2D eigenvalue weighted by atomic mass is 9.66. The highest BCUT2D eigenvalue weighted by molar-refractivity contribution is 6.12. The molecule has 5 heterocycles. The van der Waals surface area contributed by atoms with Crippen molar-refractivity contribution in [2.24, 2.45) is 21.5 Å². The number of ether oxygens (including phenoxy) is 1. The van der Waals surface area contributed by atoms with Crippen molar-refractivity contribution in [3.8, 4) is 5.75 Å². The average Bonchev–Trinajstić information content (AvgIpc) is 3.71. The molecule has 8 rings (SSSR count). The Bertz CT molecular complexity index is 1690. The molecule has 4 amide bonds. The minimum absolute atomic E-state index is 0.0671. The van der Waals surface area contributed by atoms with Gasteiger partial charge in [0.25, 0.3) is 11.8 Å². The number of imide groups is 1. The number of aliphatic imine (C=N–C) groups is 2. The van der Waals surface area contributed by atoms with Gasteiger partial charge in [-0.3, -0.25) is 19.4 Å². The van der Waals surface area contributed by atoms with Crippen LogP contribution in [-0.2, 0) is 10.2 Å². The van der Waals surface area contributed by atoms with Gasteiger partial charge in [-0.05, 0) is 31.0 Å². The standard InChI is InChI=1S/C30H33N9O6/c31-25-35-23-19(12-38-21(40)14-37(27(38)42)16-6-2-1-3-7-16)33-26(32)39-13-20(30(43,44)29(23,39)36-25)34-24(41)17-8-4-9-18-22(17)45-15-28(18)10-5-11-28/h1-4,6-9,19-20,23,43-44H,5,10-15H2,(H2,32,33)(H,34,41)(H3,31,35,36)/t19-,20?,23-,29?/m0/s1. The molecular weight excluding hydrogens is 582 g/mol. The summed E-state index contributed by atoms with van der Waals surface area (Å²) in [6.07, 6.45) is 3.09. The Morgan fingerprint density at radius 3 is 2.60 bits per heavy atom. The number of nitrogens with one attached hydrogen (secondary N) is 2. The van der Waals surface area contributed by atoms with Gasteiger partial charge in [-0.25, -0.2) is 14.8 Å². The Hall–Kier alpha value is -4.89. The van der Waals surface area contributed by atoms with Gasteiger partial charge in [0.15, 0.2) is 17.6 Å². The van der Waals surface area contributed by atoms with Crippen molar-refractivity contribution in [2.75, 3.05) is 31.1 Å². The summed E-state index contributed by atoms with van der Waals surface area (Å²) in [5.41, 5.74) is 12.5. The van der Waals surface area contributed by atoms with Gasteiger partial charge in [0.1, 0.15) is 24.4 Å². The second kappa shape index (κ2) is 9.31. The number of nitrogens with two attached hydrogens (primary N) is 2. The fraction of sp³-hybridized carbons (Fsp3) is 0.433. The number of urea groups is 1. The fourth-order valence-corrected chi connectivity index (χ4v) is 7.78. The number of guanidine groups is 2. The molecule has 2 aromatic rings. The van der Waals surface area contributed by atoms with Gasteiger partial charge < -0.3 is 42.0 Å². The normalized spacial score (nSPS) is 30.2. The smallest absolute Gasteiger partial charge is 0.331 e. The highest BCUT2D eigenvalue weighted by Gasteiger charge is 2.73. The molecule has 6 aliphatic rings. The number of nitrogens with zero attached hydrogens (tertiary/aromatic N) is 5. The van der Waals surface area contributed by atoms with Crippen LogP contribution in [-0.4, -0.2) is 106 Å². The maximum absolute atomic E-state index is 13.7. The summed E-state index contributed by atoms with van der Waals surface area (Å²) in [4.78, 5) is 52.8. The monoisotopic (exact) mass is 615 g/mol.